The van der Waals surface area contributed by atoms with Gasteiger partial charge in [0, 0.05) is 145 Å². The molecule has 5 aromatic carbocycles. The Hall–Kier alpha value is -5.00. The number of nitrogens with zero attached hydrogens (tertiary/aromatic N) is 6. The Morgan fingerprint density at radius 3 is 1.44 bits per heavy atom. The smallest absolute Gasteiger partial charge is 0.407 e. The average Bonchev–Trinajstić information content (AvgIpc) is 0.867. The number of anilines is 3. The molecule has 17 nitrogen and oxygen atoms in total. The quantitative estimate of drug-likeness (QED) is 0.0467. The van der Waals surface area contributed by atoms with E-state index in [9.17, 15) is 19.7 Å². The molecule has 2 amide bonds. The number of piperidine rings is 3. The predicted octanol–water partition coefficient (Wildman–Crippen LogP) is 19.8. The Morgan fingerprint density at radius 2 is 1.00 bits per heavy atom. The summed E-state index contributed by atoms with van der Waals surface area (Å²) in [5.41, 5.74) is 16.2. The summed E-state index contributed by atoms with van der Waals surface area (Å²) < 4.78 is 12.9. The van der Waals surface area contributed by atoms with Gasteiger partial charge in [0.15, 0.2) is 0 Å². The van der Waals surface area contributed by atoms with Gasteiger partial charge in [-0.15, -0.1) is 0 Å². The number of halogens is 8. The van der Waals surface area contributed by atoms with E-state index in [1.165, 1.54) is 11.8 Å². The van der Waals surface area contributed by atoms with E-state index in [4.69, 9.17) is 78.9 Å². The molecule has 3 aliphatic rings. The van der Waals surface area contributed by atoms with Crippen LogP contribution in [0, 0.1) is 27.9 Å². The fraction of sp³-hybridized carbons (Fsp3) is 0.406. The molecule has 0 unspecified atom stereocenters. The number of amides is 2. The number of carbonyl (C=O) groups excluding carboxylic acids is 2. The number of rotatable bonds is 5. The monoisotopic (exact) mass is 1630 g/mol. The third-order valence-electron chi connectivity index (χ3n) is 14.2. The van der Waals surface area contributed by atoms with Crippen LogP contribution in [0.15, 0.2) is 141 Å². The number of hydrogen-bond donors (Lipinski definition) is 5. The largest absolute Gasteiger partial charge is 0.444 e. The minimum atomic E-state index is -0.498. The Labute approximate surface area is 620 Å². The number of nitrogens with two attached hydrogens (primary N) is 2. The maximum absolute atomic E-state index is 12.2. The Balaban J connectivity index is 0.000000306. The molecule has 95 heavy (non-hydrogen) atoms. The number of pyridine rings is 3. The molecule has 6 heterocycles. The van der Waals surface area contributed by atoms with Gasteiger partial charge in [-0.3, -0.25) is 25.1 Å². The molecule has 0 radical (unpaired) electrons. The number of carbonyl (C=O) groups is 2. The third-order valence-corrected chi connectivity index (χ3v) is 17.6. The molecule has 26 heteroatoms. The molecule has 0 spiro atoms. The number of alkyl carbamates (subject to hydrolysis) is 2. The van der Waals surface area contributed by atoms with Crippen LogP contribution >= 0.6 is 106 Å². The summed E-state index contributed by atoms with van der Waals surface area (Å²) in [5, 5.41) is 25.7. The first kappa shape index (κ1) is 84.2. The second-order valence-electron chi connectivity index (χ2n) is 24.8. The Kier molecular flexibility index (Phi) is 35.1. The van der Waals surface area contributed by atoms with E-state index in [-0.39, 0.29) is 67.9 Å². The Bertz CT molecular complexity index is 3750. The van der Waals surface area contributed by atoms with Gasteiger partial charge < -0.3 is 46.7 Å². The average molecular weight is 1640 g/mol. The summed E-state index contributed by atoms with van der Waals surface area (Å²) in [7, 11) is 0. The zero-order valence-corrected chi connectivity index (χ0v) is 62.8. The van der Waals surface area contributed by atoms with E-state index in [2.05, 4.69) is 121 Å². The summed E-state index contributed by atoms with van der Waals surface area (Å²) >= 11 is 39.3. The van der Waals surface area contributed by atoms with E-state index >= 15 is 0 Å². The molecule has 11 rings (SSSR count). The Morgan fingerprint density at radius 1 is 0.579 bits per heavy atom. The van der Waals surface area contributed by atoms with Crippen molar-refractivity contribution < 1.29 is 41.1 Å². The second-order valence-corrected chi connectivity index (χ2v) is 29.5. The van der Waals surface area contributed by atoms with Crippen molar-refractivity contribution in [3.05, 3.63) is 176 Å². The van der Waals surface area contributed by atoms with Crippen molar-refractivity contribution in [2.24, 2.45) is 23.5 Å². The van der Waals surface area contributed by atoms with Crippen LogP contribution in [0.25, 0.3) is 32.7 Å². The summed E-state index contributed by atoms with van der Waals surface area (Å²) in [6.45, 7) is 23.3. The summed E-state index contributed by atoms with van der Waals surface area (Å²) in [6, 6.07) is 33.8. The molecular weight excluding hydrogens is 1550 g/mol. The number of nitro groups is 1. The van der Waals surface area contributed by atoms with Crippen molar-refractivity contribution in [3.8, 4) is 0 Å². The van der Waals surface area contributed by atoms with Gasteiger partial charge >= 0.3 is 12.2 Å². The van der Waals surface area contributed by atoms with Crippen LogP contribution in [0.3, 0.4) is 0 Å². The van der Waals surface area contributed by atoms with E-state index in [0.29, 0.717) is 53.0 Å². The molecule has 3 saturated heterocycles. The molecule has 3 aliphatic heterocycles. The fourth-order valence-electron chi connectivity index (χ4n) is 10.5. The number of nitrogens with one attached hydrogen (secondary N) is 3. The number of hydrogen-bond acceptors (Lipinski definition) is 14. The summed E-state index contributed by atoms with van der Waals surface area (Å²) in [6.07, 6.45) is 7.64. The SMILES string of the molecule is C.C.C[C@@H]1CNC[C@H](NC(=O)OC(C)(C)C)C1.C[C@H]1C[C@@H](N)CN(c2ccc(Cl)c3ncccc23)C1.C[C@H]1C[C@@H](NC(=O)OC(C)(C)C)CN(c2ccc(Cl)c3ncccc23)C1.Clc1ccc(Br)c2cccnc12.Nc1cc(Cl)ccc1Br.O=[N+]([O-])c1cc(Cl)ccc1Br.[Fe]. The molecule has 6 atom stereocenters. The van der Waals surface area contributed by atoms with Gasteiger partial charge in [0.05, 0.1) is 41.0 Å². The number of ether oxygens (including phenoxy) is 2. The van der Waals surface area contributed by atoms with E-state index in [1.54, 1.807) is 42.9 Å². The van der Waals surface area contributed by atoms with Gasteiger partial charge in [-0.05, 0) is 214 Å². The zero-order valence-electron chi connectivity index (χ0n) is 53.1. The normalized spacial score (nSPS) is 18.1. The fourth-order valence-corrected chi connectivity index (χ4v) is 12.6. The molecule has 518 valence electrons. The third kappa shape index (κ3) is 27.3. The van der Waals surface area contributed by atoms with Gasteiger partial charge in [-0.25, -0.2) is 9.59 Å². The van der Waals surface area contributed by atoms with Crippen LogP contribution in [0.2, 0.25) is 25.1 Å². The maximum Gasteiger partial charge on any atom is 0.407 e. The van der Waals surface area contributed by atoms with Crippen molar-refractivity contribution in [1.82, 2.24) is 30.9 Å². The molecule has 3 fully saturated rings. The topological polar surface area (TPSA) is 229 Å². The van der Waals surface area contributed by atoms with Gasteiger partial charge in [-0.1, -0.05) is 116 Å². The number of nitrogen functional groups attached to an aromatic ring is 1. The number of nitro benzene ring substituents is 1. The van der Waals surface area contributed by atoms with Crippen molar-refractivity contribution in [2.45, 2.75) is 126 Å². The van der Waals surface area contributed by atoms with Crippen LogP contribution in [0.4, 0.5) is 32.3 Å². The molecule has 0 bridgehead atoms. The first-order valence-corrected chi connectivity index (χ1v) is 34.1. The van der Waals surface area contributed by atoms with Crippen molar-refractivity contribution in [1.29, 1.82) is 0 Å². The van der Waals surface area contributed by atoms with Crippen LogP contribution in [0.1, 0.15) is 96.4 Å². The van der Waals surface area contributed by atoms with Gasteiger partial charge in [0.25, 0.3) is 5.69 Å². The minimum Gasteiger partial charge on any atom is -0.444 e. The zero-order chi connectivity index (χ0) is 67.6. The molecule has 0 aliphatic carbocycles. The van der Waals surface area contributed by atoms with Gasteiger partial charge in [0.2, 0.25) is 0 Å². The van der Waals surface area contributed by atoms with Crippen LogP contribution in [-0.4, -0.2) is 101 Å². The van der Waals surface area contributed by atoms with Crippen molar-refractivity contribution in [3.63, 3.8) is 0 Å². The number of aromatic nitrogens is 3. The van der Waals surface area contributed by atoms with E-state index in [1.807, 2.05) is 108 Å². The van der Waals surface area contributed by atoms with Gasteiger partial charge in [-0.2, -0.15) is 0 Å². The van der Waals surface area contributed by atoms with Crippen molar-refractivity contribution >= 4 is 173 Å². The van der Waals surface area contributed by atoms with Crippen LogP contribution < -0.4 is 37.2 Å². The summed E-state index contributed by atoms with van der Waals surface area (Å²) in [5.74, 6) is 1.68. The number of fused-ring (bicyclic) bond motifs is 3. The van der Waals surface area contributed by atoms with E-state index in [0.717, 1.165) is 106 Å². The molecule has 8 aromatic rings. The van der Waals surface area contributed by atoms with Crippen molar-refractivity contribution in [2.75, 3.05) is 54.8 Å². The second kappa shape index (κ2) is 39.6. The molecular formula is C69H87Br3Cl5FeN11O6. The predicted molar refractivity (Wildman–Crippen MR) is 404 cm³/mol. The molecule has 7 N–H and O–H groups in total. The molecule has 0 saturated carbocycles. The van der Waals surface area contributed by atoms with E-state index < -0.39 is 16.1 Å². The van der Waals surface area contributed by atoms with Crippen LogP contribution in [0.5, 0.6) is 0 Å². The summed E-state index contributed by atoms with van der Waals surface area (Å²) in [4.78, 5) is 51.1. The number of benzene rings is 5. The van der Waals surface area contributed by atoms with Crippen LogP contribution in [-0.2, 0) is 26.5 Å². The standard InChI is InChI=1S/C20H26ClN3O2.C15H18ClN3.C11H22N2O2.C9H5BrClN.C6H3BrClNO2.C6H5BrClN.2CH4.Fe/c1-13-10-14(23-19(25)26-20(2,3)4)12-24(11-13)17-8-7-16(21)18-15(17)6-5-9-22-18;1-10-7-11(17)9-19(8-10)14-5-4-13(16)15-12(14)3-2-6-18-15;1-8-5-9(7-12-6-8)13-10(14)15-11(2,3)4;10-7-3-4-8(11)9-6(7)2-1-5-12-9;7-5-2-1-4(8)3-6(5)9(10)11;7-5-2-1-4(8)3-6(5)9;;;/h5-9,13-14H,10-12H2,1-4H3,(H,23,25);2-6,10-11H,7-9,17H2,1H3;8-9,12H,5-7H2,1-4H3,(H,13,14);1-5H;1-3H;1-3H,9H2;2*1H4;/t13-,14+;10-,11+;8-,9+;;;;;;/m000....../s1. The van der Waals surface area contributed by atoms with Gasteiger partial charge in [0.1, 0.15) is 11.2 Å². The first-order chi connectivity index (χ1) is 43.3. The minimum absolute atomic E-state index is 0. The first-order valence-electron chi connectivity index (χ1n) is 29.8. The maximum atomic E-state index is 12.2. The molecule has 3 aromatic heterocycles.